The fourth-order valence-electron chi connectivity index (χ4n) is 4.80. The Morgan fingerprint density at radius 1 is 0.968 bits per heavy atom. The van der Waals surface area contributed by atoms with Crippen molar-refractivity contribution in [1.82, 2.24) is 4.90 Å². The Kier molecular flexibility index (Phi) is 4.74. The van der Waals surface area contributed by atoms with E-state index in [-0.39, 0.29) is 25.5 Å². The largest absolute Gasteiger partial charge is 0.480 e. The summed E-state index contributed by atoms with van der Waals surface area (Å²) in [5.41, 5.74) is 7.61. The van der Waals surface area contributed by atoms with Gasteiger partial charge in [-0.1, -0.05) is 72.3 Å². The Labute approximate surface area is 180 Å². The quantitative estimate of drug-likeness (QED) is 0.673. The van der Waals surface area contributed by atoms with Gasteiger partial charge in [0.2, 0.25) is 0 Å². The predicted octanol–water partition coefficient (Wildman–Crippen LogP) is 4.76. The van der Waals surface area contributed by atoms with Gasteiger partial charge in [0.1, 0.15) is 12.6 Å². The van der Waals surface area contributed by atoms with Gasteiger partial charge in [0, 0.05) is 12.3 Å². The molecule has 0 unspecified atom stereocenters. The van der Waals surface area contributed by atoms with E-state index in [2.05, 4.69) is 24.3 Å². The number of rotatable bonds is 3. The molecule has 1 aliphatic heterocycles. The number of carboxylic acid groups (broad SMARTS) is 1. The van der Waals surface area contributed by atoms with Crippen LogP contribution in [0.4, 0.5) is 4.79 Å². The molecule has 0 saturated carbocycles. The zero-order valence-electron chi connectivity index (χ0n) is 17.2. The number of ether oxygens (including phenoxy) is 1. The molecule has 1 atom stereocenters. The molecule has 0 aromatic heterocycles. The summed E-state index contributed by atoms with van der Waals surface area (Å²) in [5, 5.41) is 9.74. The lowest BCUT2D eigenvalue weighted by Crippen LogP contribution is -2.49. The summed E-state index contributed by atoms with van der Waals surface area (Å²) in [6, 6.07) is 21.3. The maximum absolute atomic E-state index is 13.0. The monoisotopic (exact) mass is 413 g/mol. The number of carbonyl (C=O) groups is 2. The summed E-state index contributed by atoms with van der Waals surface area (Å²) in [6.45, 7) is 2.40. The molecule has 31 heavy (non-hydrogen) atoms. The number of nitrogens with zero attached hydrogens (tertiary/aromatic N) is 1. The zero-order chi connectivity index (χ0) is 21.5. The Morgan fingerprint density at radius 3 is 2.26 bits per heavy atom. The second-order valence-electron chi connectivity index (χ2n) is 8.26. The molecule has 1 N–H and O–H groups in total. The summed E-state index contributed by atoms with van der Waals surface area (Å²) in [7, 11) is 0. The van der Waals surface area contributed by atoms with E-state index in [1.54, 1.807) is 0 Å². The van der Waals surface area contributed by atoms with Crippen molar-refractivity contribution in [3.63, 3.8) is 0 Å². The molecule has 2 aliphatic rings. The number of aliphatic carboxylic acids is 1. The van der Waals surface area contributed by atoms with Crippen molar-refractivity contribution in [1.29, 1.82) is 0 Å². The van der Waals surface area contributed by atoms with Crippen molar-refractivity contribution in [2.24, 2.45) is 0 Å². The highest BCUT2D eigenvalue weighted by molar-refractivity contribution is 5.82. The molecule has 1 amide bonds. The first-order chi connectivity index (χ1) is 15.0. The van der Waals surface area contributed by atoms with Crippen LogP contribution in [0.3, 0.4) is 0 Å². The minimum atomic E-state index is -1.01. The summed E-state index contributed by atoms with van der Waals surface area (Å²) < 4.78 is 5.72. The molecule has 0 spiro atoms. The second-order valence-corrected chi connectivity index (χ2v) is 8.26. The molecule has 0 fully saturated rings. The third-order valence-electron chi connectivity index (χ3n) is 6.35. The minimum Gasteiger partial charge on any atom is -0.480 e. The van der Waals surface area contributed by atoms with E-state index in [0.29, 0.717) is 0 Å². The lowest BCUT2D eigenvalue weighted by Gasteiger charge is -2.34. The molecule has 5 nitrogen and oxygen atoms in total. The van der Waals surface area contributed by atoms with Crippen LogP contribution in [0.2, 0.25) is 0 Å². The lowest BCUT2D eigenvalue weighted by molar-refractivity contribution is -0.143. The van der Waals surface area contributed by atoms with Gasteiger partial charge in [-0.05, 0) is 40.3 Å². The van der Waals surface area contributed by atoms with Gasteiger partial charge in [-0.2, -0.15) is 0 Å². The highest BCUT2D eigenvalue weighted by Gasteiger charge is 2.37. The number of aryl methyl sites for hydroxylation is 1. The fraction of sp³-hybridized carbons (Fsp3) is 0.231. The summed E-state index contributed by atoms with van der Waals surface area (Å²) in [4.78, 5) is 26.3. The lowest BCUT2D eigenvalue weighted by atomic mass is 9.93. The highest BCUT2D eigenvalue weighted by atomic mass is 16.6. The molecule has 156 valence electrons. The number of carbonyl (C=O) groups excluding carboxylic acids is 1. The molecule has 3 aromatic rings. The number of amides is 1. The third-order valence-corrected chi connectivity index (χ3v) is 6.35. The van der Waals surface area contributed by atoms with Gasteiger partial charge in [0.15, 0.2) is 0 Å². The first kappa shape index (κ1) is 19.4. The average Bonchev–Trinajstić information content (AvgIpc) is 3.10. The predicted molar refractivity (Wildman–Crippen MR) is 117 cm³/mol. The summed E-state index contributed by atoms with van der Waals surface area (Å²) in [5.74, 6) is -1.07. The standard InChI is InChI=1S/C26H23NO4/c1-16-10-11-17-14-27(24(25(28)29)13-18(17)12-16)26(30)31-15-23-21-8-4-2-6-19(21)20-7-3-5-9-22(20)23/h2-12,23-24H,13-15H2,1H3,(H,28,29)/t24-/m0/s1. The second kappa shape index (κ2) is 7.58. The molecule has 3 aromatic carbocycles. The Morgan fingerprint density at radius 2 is 1.61 bits per heavy atom. The van der Waals surface area contributed by atoms with E-state index in [1.165, 1.54) is 4.90 Å². The molecule has 0 radical (unpaired) electrons. The van der Waals surface area contributed by atoms with Crippen LogP contribution in [0.1, 0.15) is 33.7 Å². The zero-order valence-corrected chi connectivity index (χ0v) is 17.2. The van der Waals surface area contributed by atoms with Crippen LogP contribution in [0, 0.1) is 6.92 Å². The minimum absolute atomic E-state index is 0.0562. The van der Waals surface area contributed by atoms with Gasteiger partial charge in [-0.25, -0.2) is 9.59 Å². The van der Waals surface area contributed by atoms with E-state index in [4.69, 9.17) is 4.74 Å². The average molecular weight is 413 g/mol. The number of carboxylic acids is 1. The van der Waals surface area contributed by atoms with E-state index >= 15 is 0 Å². The van der Waals surface area contributed by atoms with Crippen LogP contribution in [0.25, 0.3) is 11.1 Å². The van der Waals surface area contributed by atoms with Crippen LogP contribution >= 0.6 is 0 Å². The van der Waals surface area contributed by atoms with Crippen molar-refractivity contribution in [2.45, 2.75) is 31.8 Å². The molecule has 1 heterocycles. The number of hydrogen-bond acceptors (Lipinski definition) is 3. The Hall–Kier alpha value is -3.60. The molecule has 1 aliphatic carbocycles. The summed E-state index contributed by atoms with van der Waals surface area (Å²) >= 11 is 0. The molecule has 5 rings (SSSR count). The Balaban J connectivity index is 1.38. The fourth-order valence-corrected chi connectivity index (χ4v) is 4.80. The van der Waals surface area contributed by atoms with Gasteiger partial charge in [0.05, 0.1) is 6.54 Å². The molecule has 5 heteroatoms. The van der Waals surface area contributed by atoms with Crippen molar-refractivity contribution in [3.8, 4) is 11.1 Å². The maximum Gasteiger partial charge on any atom is 0.410 e. The summed E-state index contributed by atoms with van der Waals surface area (Å²) in [6.07, 6.45) is -0.295. The van der Waals surface area contributed by atoms with E-state index < -0.39 is 18.1 Å². The third kappa shape index (κ3) is 3.36. The van der Waals surface area contributed by atoms with E-state index in [1.807, 2.05) is 49.4 Å². The molecular formula is C26H23NO4. The van der Waals surface area contributed by atoms with Crippen molar-refractivity contribution in [3.05, 3.63) is 94.5 Å². The van der Waals surface area contributed by atoms with Crippen molar-refractivity contribution >= 4 is 12.1 Å². The van der Waals surface area contributed by atoms with Gasteiger partial charge < -0.3 is 9.84 Å². The number of hydrogen-bond donors (Lipinski definition) is 1. The van der Waals surface area contributed by atoms with Crippen LogP contribution < -0.4 is 0 Å². The van der Waals surface area contributed by atoms with Crippen LogP contribution in [-0.2, 0) is 22.5 Å². The first-order valence-electron chi connectivity index (χ1n) is 10.5. The van der Waals surface area contributed by atoms with E-state index in [9.17, 15) is 14.7 Å². The van der Waals surface area contributed by atoms with Crippen LogP contribution in [0.5, 0.6) is 0 Å². The van der Waals surface area contributed by atoms with Crippen molar-refractivity contribution in [2.75, 3.05) is 6.61 Å². The SMILES string of the molecule is Cc1ccc2c(c1)C[C@@H](C(=O)O)N(C(=O)OCC1c3ccccc3-c3ccccc31)C2. The first-order valence-corrected chi connectivity index (χ1v) is 10.5. The molecule has 0 saturated heterocycles. The molecular weight excluding hydrogens is 390 g/mol. The van der Waals surface area contributed by atoms with E-state index in [0.717, 1.165) is 38.9 Å². The molecule has 0 bridgehead atoms. The topological polar surface area (TPSA) is 66.8 Å². The van der Waals surface area contributed by atoms with Crippen LogP contribution in [0.15, 0.2) is 66.7 Å². The number of fused-ring (bicyclic) bond motifs is 4. The maximum atomic E-state index is 13.0. The van der Waals surface area contributed by atoms with Gasteiger partial charge in [-0.3, -0.25) is 4.90 Å². The number of benzene rings is 3. The van der Waals surface area contributed by atoms with Gasteiger partial charge in [-0.15, -0.1) is 0 Å². The van der Waals surface area contributed by atoms with Crippen LogP contribution in [-0.4, -0.2) is 34.7 Å². The smallest absolute Gasteiger partial charge is 0.410 e. The normalized spacial score (nSPS) is 16.9. The van der Waals surface area contributed by atoms with Crippen molar-refractivity contribution < 1.29 is 19.4 Å². The Bertz CT molecular complexity index is 1140. The van der Waals surface area contributed by atoms with Gasteiger partial charge >= 0.3 is 12.1 Å². The highest BCUT2D eigenvalue weighted by Crippen LogP contribution is 2.44. The van der Waals surface area contributed by atoms with Gasteiger partial charge in [0.25, 0.3) is 0 Å².